The van der Waals surface area contributed by atoms with Gasteiger partial charge in [-0.25, -0.2) is 9.78 Å². The molecule has 0 aliphatic rings. The van der Waals surface area contributed by atoms with Crippen molar-refractivity contribution >= 4 is 17.6 Å². The third-order valence-corrected chi connectivity index (χ3v) is 2.52. The predicted octanol–water partition coefficient (Wildman–Crippen LogP) is 2.34. The molecule has 96 valence electrons. The second-order valence-electron chi connectivity index (χ2n) is 4.06. The summed E-state index contributed by atoms with van der Waals surface area (Å²) >= 11 is 0. The molecule has 2 aromatic rings. The number of carboxylic acid groups (broad SMARTS) is 1. The van der Waals surface area contributed by atoms with Crippen molar-refractivity contribution in [2.24, 2.45) is 0 Å². The second kappa shape index (κ2) is 5.30. The van der Waals surface area contributed by atoms with E-state index >= 15 is 0 Å². The van der Waals surface area contributed by atoms with E-state index in [2.05, 4.69) is 10.3 Å². The molecular weight excluding hydrogens is 244 g/mol. The van der Waals surface area contributed by atoms with Crippen LogP contribution in [0, 0.1) is 6.92 Å². The number of nitrogens with one attached hydrogen (secondary N) is 1. The molecule has 0 aliphatic carbocycles. The van der Waals surface area contributed by atoms with Gasteiger partial charge in [-0.1, -0.05) is 17.7 Å². The van der Waals surface area contributed by atoms with Crippen LogP contribution in [0.4, 0.5) is 5.69 Å². The first-order valence-electron chi connectivity index (χ1n) is 5.63. The van der Waals surface area contributed by atoms with Gasteiger partial charge in [0.05, 0.1) is 11.9 Å². The van der Waals surface area contributed by atoms with E-state index in [-0.39, 0.29) is 11.6 Å². The SMILES string of the molecule is Cc1cccc(C(=O)Nc2ccc(C(=O)O)nc2)c1. The molecule has 19 heavy (non-hydrogen) atoms. The predicted molar refractivity (Wildman–Crippen MR) is 70.3 cm³/mol. The second-order valence-corrected chi connectivity index (χ2v) is 4.06. The molecule has 0 aliphatic heterocycles. The molecule has 5 nitrogen and oxygen atoms in total. The molecule has 2 N–H and O–H groups in total. The fourth-order valence-electron chi connectivity index (χ4n) is 1.58. The van der Waals surface area contributed by atoms with Crippen LogP contribution < -0.4 is 5.32 Å². The highest BCUT2D eigenvalue weighted by molar-refractivity contribution is 6.04. The Balaban J connectivity index is 2.13. The highest BCUT2D eigenvalue weighted by Gasteiger charge is 2.08. The first kappa shape index (κ1) is 12.8. The average Bonchev–Trinajstić information content (AvgIpc) is 2.39. The Morgan fingerprint density at radius 3 is 2.58 bits per heavy atom. The summed E-state index contributed by atoms with van der Waals surface area (Å²) < 4.78 is 0. The topological polar surface area (TPSA) is 79.3 Å². The zero-order valence-electron chi connectivity index (χ0n) is 10.3. The number of rotatable bonds is 3. The normalized spacial score (nSPS) is 9.95. The molecule has 0 unspecified atom stereocenters. The number of anilines is 1. The molecule has 1 aromatic heterocycles. The maximum atomic E-state index is 11.9. The first-order valence-corrected chi connectivity index (χ1v) is 5.63. The van der Waals surface area contributed by atoms with Gasteiger partial charge in [-0.15, -0.1) is 0 Å². The lowest BCUT2D eigenvalue weighted by Gasteiger charge is -2.05. The molecule has 0 saturated heterocycles. The Morgan fingerprint density at radius 2 is 2.00 bits per heavy atom. The Morgan fingerprint density at radius 1 is 1.21 bits per heavy atom. The Bertz CT molecular complexity index is 621. The summed E-state index contributed by atoms with van der Waals surface area (Å²) in [7, 11) is 0. The quantitative estimate of drug-likeness (QED) is 0.883. The van der Waals surface area contributed by atoms with Crippen LogP contribution in [0.1, 0.15) is 26.4 Å². The molecule has 1 amide bonds. The van der Waals surface area contributed by atoms with Gasteiger partial charge in [-0.3, -0.25) is 4.79 Å². The van der Waals surface area contributed by atoms with Crippen LogP contribution in [-0.2, 0) is 0 Å². The minimum Gasteiger partial charge on any atom is -0.477 e. The fourth-order valence-corrected chi connectivity index (χ4v) is 1.58. The zero-order valence-corrected chi connectivity index (χ0v) is 10.3. The highest BCUT2D eigenvalue weighted by atomic mass is 16.4. The maximum Gasteiger partial charge on any atom is 0.354 e. The number of hydrogen-bond acceptors (Lipinski definition) is 3. The van der Waals surface area contributed by atoms with Crippen LogP contribution in [0.15, 0.2) is 42.6 Å². The van der Waals surface area contributed by atoms with Crippen molar-refractivity contribution < 1.29 is 14.7 Å². The summed E-state index contributed by atoms with van der Waals surface area (Å²) in [6.45, 7) is 1.90. The van der Waals surface area contributed by atoms with Gasteiger partial charge in [0.25, 0.3) is 5.91 Å². The molecule has 0 atom stereocenters. The van der Waals surface area contributed by atoms with Gasteiger partial charge in [0.1, 0.15) is 5.69 Å². The number of hydrogen-bond donors (Lipinski definition) is 2. The molecule has 1 aromatic carbocycles. The van der Waals surface area contributed by atoms with E-state index in [4.69, 9.17) is 5.11 Å². The van der Waals surface area contributed by atoms with Crippen molar-refractivity contribution in [2.75, 3.05) is 5.32 Å². The highest BCUT2D eigenvalue weighted by Crippen LogP contribution is 2.10. The molecule has 1 heterocycles. The van der Waals surface area contributed by atoms with Crippen molar-refractivity contribution in [2.45, 2.75) is 6.92 Å². The van der Waals surface area contributed by atoms with Crippen molar-refractivity contribution in [1.82, 2.24) is 4.98 Å². The van der Waals surface area contributed by atoms with Crippen molar-refractivity contribution in [1.29, 1.82) is 0 Å². The lowest BCUT2D eigenvalue weighted by molar-refractivity contribution is 0.0690. The van der Waals surface area contributed by atoms with Crippen molar-refractivity contribution in [3.8, 4) is 0 Å². The summed E-state index contributed by atoms with van der Waals surface area (Å²) in [4.78, 5) is 26.3. The molecule has 0 fully saturated rings. The summed E-state index contributed by atoms with van der Waals surface area (Å²) in [5, 5.41) is 11.4. The molecule has 0 radical (unpaired) electrons. The van der Waals surface area contributed by atoms with Crippen LogP contribution in [0.5, 0.6) is 0 Å². The van der Waals surface area contributed by atoms with Gasteiger partial charge in [-0.2, -0.15) is 0 Å². The third kappa shape index (κ3) is 3.16. The van der Waals surface area contributed by atoms with Gasteiger partial charge in [0.2, 0.25) is 0 Å². The lowest BCUT2D eigenvalue weighted by Crippen LogP contribution is -2.12. The van der Waals surface area contributed by atoms with Crippen LogP contribution in [0.2, 0.25) is 0 Å². The summed E-state index contributed by atoms with van der Waals surface area (Å²) in [5.74, 6) is -1.36. The van der Waals surface area contributed by atoms with Gasteiger partial charge < -0.3 is 10.4 Å². The van der Waals surface area contributed by atoms with Gasteiger partial charge >= 0.3 is 5.97 Å². The minimum absolute atomic E-state index is 0.0615. The van der Waals surface area contributed by atoms with Crippen molar-refractivity contribution in [3.63, 3.8) is 0 Å². The number of aromatic carboxylic acids is 1. The minimum atomic E-state index is -1.10. The number of amides is 1. The largest absolute Gasteiger partial charge is 0.477 e. The standard InChI is InChI=1S/C14H12N2O3/c1-9-3-2-4-10(7-9)13(17)16-11-5-6-12(14(18)19)15-8-11/h2-8H,1H3,(H,16,17)(H,18,19). The van der Waals surface area contributed by atoms with Crippen LogP contribution in [0.25, 0.3) is 0 Å². The van der Waals surface area contributed by atoms with E-state index in [1.165, 1.54) is 18.3 Å². The number of carboxylic acids is 1. The summed E-state index contributed by atoms with van der Waals surface area (Å²) in [6.07, 6.45) is 1.32. The summed E-state index contributed by atoms with van der Waals surface area (Å²) in [5.41, 5.74) is 1.93. The molecule has 0 bridgehead atoms. The van der Waals surface area contributed by atoms with E-state index in [9.17, 15) is 9.59 Å². The van der Waals surface area contributed by atoms with Crippen LogP contribution in [-0.4, -0.2) is 22.0 Å². The lowest BCUT2D eigenvalue weighted by atomic mass is 10.1. The first-order chi connectivity index (χ1) is 9.06. The van der Waals surface area contributed by atoms with Gasteiger partial charge in [0, 0.05) is 5.56 Å². The van der Waals surface area contributed by atoms with Crippen LogP contribution in [0.3, 0.4) is 0 Å². The van der Waals surface area contributed by atoms with E-state index < -0.39 is 5.97 Å². The fraction of sp³-hybridized carbons (Fsp3) is 0.0714. The Kier molecular flexibility index (Phi) is 3.56. The summed E-state index contributed by atoms with van der Waals surface area (Å²) in [6, 6.07) is 10.0. The van der Waals surface area contributed by atoms with Crippen molar-refractivity contribution in [3.05, 3.63) is 59.4 Å². The Hall–Kier alpha value is -2.69. The maximum absolute atomic E-state index is 11.9. The third-order valence-electron chi connectivity index (χ3n) is 2.52. The van der Waals surface area contributed by atoms with E-state index in [0.29, 0.717) is 11.3 Å². The number of benzene rings is 1. The number of pyridine rings is 1. The smallest absolute Gasteiger partial charge is 0.354 e. The number of aromatic nitrogens is 1. The van der Waals surface area contributed by atoms with E-state index in [0.717, 1.165) is 5.56 Å². The number of carbonyl (C=O) groups excluding carboxylic acids is 1. The number of aryl methyl sites for hydroxylation is 1. The van der Waals surface area contributed by atoms with E-state index in [1.807, 2.05) is 13.0 Å². The number of nitrogens with zero attached hydrogens (tertiary/aromatic N) is 1. The van der Waals surface area contributed by atoms with Crippen LogP contribution >= 0.6 is 0 Å². The van der Waals surface area contributed by atoms with E-state index in [1.54, 1.807) is 18.2 Å². The molecular formula is C14H12N2O3. The zero-order chi connectivity index (χ0) is 13.8. The molecule has 2 rings (SSSR count). The Labute approximate surface area is 109 Å². The molecule has 5 heteroatoms. The van der Waals surface area contributed by atoms with Gasteiger partial charge in [0.15, 0.2) is 0 Å². The average molecular weight is 256 g/mol. The molecule has 0 saturated carbocycles. The molecule has 0 spiro atoms. The monoisotopic (exact) mass is 256 g/mol. The van der Waals surface area contributed by atoms with Gasteiger partial charge in [-0.05, 0) is 31.2 Å². The number of carbonyl (C=O) groups is 2.